The first-order valence-electron chi connectivity index (χ1n) is 12.1. The van der Waals surface area contributed by atoms with Gasteiger partial charge in [0.05, 0.1) is 10.7 Å². The second kappa shape index (κ2) is 12.2. The van der Waals surface area contributed by atoms with E-state index in [1.807, 2.05) is 48.8 Å². The van der Waals surface area contributed by atoms with E-state index in [1.165, 1.54) is 12.3 Å². The summed E-state index contributed by atoms with van der Waals surface area (Å²) in [5.74, 6) is 1.66. The van der Waals surface area contributed by atoms with E-state index in [4.69, 9.17) is 16.0 Å². The molecule has 0 radical (unpaired) electrons. The molecule has 5 rings (SSSR count). The molecule has 0 fully saturated rings. The molecule has 0 spiro atoms. The van der Waals surface area contributed by atoms with E-state index in [9.17, 15) is 9.35 Å². The van der Waals surface area contributed by atoms with Crippen LogP contribution in [-0.2, 0) is 6.42 Å². The first-order chi connectivity index (χ1) is 18.8. The zero-order valence-electron chi connectivity index (χ0n) is 21.9. The van der Waals surface area contributed by atoms with Crippen LogP contribution in [0.4, 0.5) is 0 Å². The Morgan fingerprint density at radius 2 is 1.87 bits per heavy atom. The number of aromatic amines is 1. The lowest BCUT2D eigenvalue weighted by Gasteiger charge is -2.23. The Balaban J connectivity index is 0.00000172. The summed E-state index contributed by atoms with van der Waals surface area (Å²) in [4.78, 5) is 19.4. The van der Waals surface area contributed by atoms with Crippen LogP contribution in [0.5, 0.6) is 0 Å². The standard InChI is InChI=1S/C25H22ClN7O3S.C2H6/c1-37(2,35)17-10-11-19(28-15-17)24-31-29-21(33(24)20-7-4-3-6-18(20)26)8-5-9-23-30-32-25(36-23)16-12-13-27-22(34)14-16;1-2/h3-8,10-15,35H,9H2,1-2H3,(H,27,34);1-2H3. The lowest BCUT2D eigenvalue weighted by atomic mass is 10.2. The lowest BCUT2D eigenvalue weighted by Crippen LogP contribution is -2.02. The second-order valence-corrected chi connectivity index (χ2v) is 11.8. The zero-order chi connectivity index (χ0) is 28.0. The van der Waals surface area contributed by atoms with Crippen molar-refractivity contribution in [1.29, 1.82) is 0 Å². The third-order valence-corrected chi connectivity index (χ3v) is 7.09. The molecule has 0 saturated carbocycles. The maximum atomic E-state index is 11.5. The van der Waals surface area contributed by atoms with Crippen LogP contribution in [0.3, 0.4) is 0 Å². The molecule has 5 aromatic rings. The molecule has 0 aliphatic carbocycles. The van der Waals surface area contributed by atoms with Crippen molar-refractivity contribution in [3.8, 4) is 28.7 Å². The number of pyridine rings is 2. The molecule has 10 nitrogen and oxygen atoms in total. The molecule has 0 unspecified atom stereocenters. The van der Waals surface area contributed by atoms with E-state index in [-0.39, 0.29) is 11.4 Å². The van der Waals surface area contributed by atoms with Crippen LogP contribution in [0.25, 0.3) is 34.7 Å². The van der Waals surface area contributed by atoms with Gasteiger partial charge in [-0.2, -0.15) is 0 Å². The number of hydrogen-bond acceptors (Lipinski definition) is 8. The molecule has 0 bridgehead atoms. The van der Waals surface area contributed by atoms with E-state index >= 15 is 0 Å². The number of hydrogen-bond donors (Lipinski definition) is 2. The summed E-state index contributed by atoms with van der Waals surface area (Å²) in [6.07, 6.45) is 10.7. The van der Waals surface area contributed by atoms with Crippen molar-refractivity contribution in [2.24, 2.45) is 0 Å². The Kier molecular flexibility index (Phi) is 8.75. The Morgan fingerprint density at radius 1 is 1.08 bits per heavy atom. The van der Waals surface area contributed by atoms with Crippen molar-refractivity contribution in [1.82, 2.24) is 34.9 Å². The van der Waals surface area contributed by atoms with Crippen LogP contribution in [0, 0.1) is 0 Å². The summed E-state index contributed by atoms with van der Waals surface area (Å²) in [5.41, 5.74) is 1.56. The fraction of sp³-hybridized carbons (Fsp3) is 0.185. The van der Waals surface area contributed by atoms with E-state index in [0.29, 0.717) is 45.9 Å². The molecule has 2 N–H and O–H groups in total. The van der Waals surface area contributed by atoms with Crippen molar-refractivity contribution in [2.75, 3.05) is 12.5 Å². The van der Waals surface area contributed by atoms with Gasteiger partial charge in [0.2, 0.25) is 17.3 Å². The molecule has 202 valence electrons. The first kappa shape index (κ1) is 28.0. The topological polar surface area (TPSA) is 136 Å². The van der Waals surface area contributed by atoms with Crippen molar-refractivity contribution in [3.63, 3.8) is 0 Å². The Bertz CT molecular complexity index is 1640. The highest BCUT2D eigenvalue weighted by Crippen LogP contribution is 2.44. The predicted octanol–water partition coefficient (Wildman–Crippen LogP) is 5.90. The zero-order valence-corrected chi connectivity index (χ0v) is 23.4. The minimum absolute atomic E-state index is 0.252. The van der Waals surface area contributed by atoms with Crippen LogP contribution in [0.15, 0.2) is 81.1 Å². The SMILES string of the molecule is CC.CS(C)(O)c1ccc(-c2nnc(C=CCc3nnc(-c4cc[nH]c(=O)c4)o3)n2-c2ccccc2Cl)nc1. The molecule has 4 heterocycles. The maximum Gasteiger partial charge on any atom is 0.248 e. The van der Waals surface area contributed by atoms with Gasteiger partial charge in [0.1, 0.15) is 5.69 Å². The molecule has 12 heteroatoms. The van der Waals surface area contributed by atoms with E-state index < -0.39 is 10.3 Å². The number of nitrogens with one attached hydrogen (secondary N) is 1. The van der Waals surface area contributed by atoms with Gasteiger partial charge in [-0.1, -0.05) is 43.7 Å². The first-order valence-corrected chi connectivity index (χ1v) is 14.9. The molecule has 39 heavy (non-hydrogen) atoms. The quantitative estimate of drug-likeness (QED) is 0.249. The summed E-state index contributed by atoms with van der Waals surface area (Å²) in [5, 5.41) is 17.3. The largest absolute Gasteiger partial charge is 0.420 e. The summed E-state index contributed by atoms with van der Waals surface area (Å²) >= 11 is 6.53. The molecule has 4 aromatic heterocycles. The molecule has 0 aliphatic rings. The highest BCUT2D eigenvalue weighted by Gasteiger charge is 2.18. The smallest absolute Gasteiger partial charge is 0.248 e. The van der Waals surface area contributed by atoms with E-state index in [2.05, 4.69) is 30.4 Å². The average molecular weight is 566 g/mol. The van der Waals surface area contributed by atoms with E-state index in [0.717, 1.165) is 4.90 Å². The number of aromatic nitrogens is 7. The highest BCUT2D eigenvalue weighted by molar-refractivity contribution is 8.28. The number of allylic oxidation sites excluding steroid dienone is 1. The third kappa shape index (κ3) is 6.51. The Morgan fingerprint density at radius 3 is 2.56 bits per heavy atom. The Hall–Kier alpha value is -4.06. The molecular formula is C27H28ClN7O3S. The summed E-state index contributed by atoms with van der Waals surface area (Å²) in [6.45, 7) is 4.00. The van der Waals surface area contributed by atoms with Gasteiger partial charge >= 0.3 is 0 Å². The number of halogens is 1. The van der Waals surface area contributed by atoms with Crippen LogP contribution >= 0.6 is 21.9 Å². The van der Waals surface area contributed by atoms with Gasteiger partial charge in [-0.05, 0) is 48.9 Å². The molecule has 1 aromatic carbocycles. The van der Waals surface area contributed by atoms with Gasteiger partial charge < -0.3 is 14.0 Å². The summed E-state index contributed by atoms with van der Waals surface area (Å²) in [7, 11) is -1.90. The van der Waals surface area contributed by atoms with Crippen molar-refractivity contribution >= 4 is 28.0 Å². The fourth-order valence-corrected chi connectivity index (χ4v) is 4.48. The third-order valence-electron chi connectivity index (χ3n) is 5.37. The van der Waals surface area contributed by atoms with Gasteiger partial charge in [-0.3, -0.25) is 14.3 Å². The lowest BCUT2D eigenvalue weighted by molar-refractivity contribution is 0.520. The number of para-hydroxylation sites is 1. The van der Waals surface area contributed by atoms with Crippen LogP contribution in [-0.4, -0.2) is 52.0 Å². The molecule has 0 aliphatic heterocycles. The minimum atomic E-state index is -1.90. The van der Waals surface area contributed by atoms with Crippen molar-refractivity contribution in [2.45, 2.75) is 25.2 Å². The average Bonchev–Trinajstić information content (AvgIpc) is 3.57. The molecule has 0 saturated heterocycles. The fourth-order valence-electron chi connectivity index (χ4n) is 3.54. The summed E-state index contributed by atoms with van der Waals surface area (Å²) in [6, 6.07) is 14.1. The maximum absolute atomic E-state index is 11.5. The Labute approximate surface area is 232 Å². The minimum Gasteiger partial charge on any atom is -0.420 e. The van der Waals surface area contributed by atoms with Gasteiger partial charge in [0.25, 0.3) is 0 Å². The van der Waals surface area contributed by atoms with Crippen LogP contribution in [0.2, 0.25) is 5.02 Å². The van der Waals surface area contributed by atoms with Crippen molar-refractivity contribution < 1.29 is 8.97 Å². The second-order valence-electron chi connectivity index (χ2n) is 8.37. The normalized spacial score (nSPS) is 11.8. The highest BCUT2D eigenvalue weighted by atomic mass is 35.5. The molecular weight excluding hydrogens is 538 g/mol. The number of benzene rings is 1. The van der Waals surface area contributed by atoms with E-state index in [1.54, 1.807) is 43.0 Å². The van der Waals surface area contributed by atoms with Gasteiger partial charge in [-0.15, -0.1) is 30.7 Å². The molecule has 0 atom stereocenters. The van der Waals surface area contributed by atoms with Gasteiger partial charge in [-0.25, -0.2) is 0 Å². The van der Waals surface area contributed by atoms with Crippen LogP contribution in [0.1, 0.15) is 25.6 Å². The summed E-state index contributed by atoms with van der Waals surface area (Å²) < 4.78 is 17.8. The van der Waals surface area contributed by atoms with Crippen LogP contribution < -0.4 is 5.56 Å². The van der Waals surface area contributed by atoms with Gasteiger partial charge in [0, 0.05) is 35.3 Å². The predicted molar refractivity (Wildman–Crippen MR) is 154 cm³/mol. The number of nitrogens with zero attached hydrogens (tertiary/aromatic N) is 6. The number of H-pyrrole nitrogens is 1. The monoisotopic (exact) mass is 565 g/mol. The van der Waals surface area contributed by atoms with Crippen molar-refractivity contribution in [3.05, 3.63) is 94.1 Å². The van der Waals surface area contributed by atoms with Gasteiger partial charge in [0.15, 0.2) is 11.6 Å². The number of rotatable bonds is 7. The molecule has 0 amide bonds.